The third-order valence-electron chi connectivity index (χ3n) is 4.38. The van der Waals surface area contributed by atoms with Crippen molar-refractivity contribution in [1.82, 2.24) is 0 Å². The summed E-state index contributed by atoms with van der Waals surface area (Å²) < 4.78 is 9.55. The van der Waals surface area contributed by atoms with Crippen LogP contribution in [0.2, 0.25) is 0 Å². The van der Waals surface area contributed by atoms with Crippen molar-refractivity contribution in [2.45, 2.75) is 78.1 Å². The summed E-state index contributed by atoms with van der Waals surface area (Å²) in [5.74, 6) is 0. The SMILES string of the molecule is C=COC(=O)OCCCc1ccc(CCCCC)cc1CCCCC. The maximum absolute atomic E-state index is 11.1. The summed E-state index contributed by atoms with van der Waals surface area (Å²) in [5, 5.41) is 0. The molecule has 0 fully saturated rings. The molecule has 0 amide bonds. The Balaban J connectivity index is 2.58. The van der Waals surface area contributed by atoms with E-state index in [2.05, 4.69) is 43.4 Å². The van der Waals surface area contributed by atoms with Gasteiger partial charge in [0.2, 0.25) is 0 Å². The highest BCUT2D eigenvalue weighted by Gasteiger charge is 2.06. The first kappa shape index (κ1) is 21.3. The van der Waals surface area contributed by atoms with Gasteiger partial charge in [-0.25, -0.2) is 4.79 Å². The molecule has 140 valence electrons. The van der Waals surface area contributed by atoms with Gasteiger partial charge in [0.05, 0.1) is 12.9 Å². The van der Waals surface area contributed by atoms with Gasteiger partial charge in [-0.15, -0.1) is 0 Å². The van der Waals surface area contributed by atoms with Crippen LogP contribution in [0.25, 0.3) is 0 Å². The van der Waals surface area contributed by atoms with Crippen LogP contribution in [0.15, 0.2) is 31.0 Å². The molecule has 0 saturated carbocycles. The van der Waals surface area contributed by atoms with Crippen LogP contribution in [0.5, 0.6) is 0 Å². The minimum atomic E-state index is -0.676. The second-order valence-electron chi connectivity index (χ2n) is 6.50. The van der Waals surface area contributed by atoms with E-state index in [1.807, 2.05) is 0 Å². The molecular weight excluding hydrogens is 312 g/mol. The van der Waals surface area contributed by atoms with E-state index in [0.717, 1.165) is 25.5 Å². The molecule has 1 aromatic rings. The van der Waals surface area contributed by atoms with Gasteiger partial charge in [0.15, 0.2) is 0 Å². The summed E-state index contributed by atoms with van der Waals surface area (Å²) in [6, 6.07) is 6.93. The molecule has 0 heterocycles. The first-order valence-electron chi connectivity index (χ1n) is 9.76. The highest BCUT2D eigenvalue weighted by atomic mass is 16.7. The third kappa shape index (κ3) is 9.33. The number of hydrogen-bond donors (Lipinski definition) is 0. The van der Waals surface area contributed by atoms with Gasteiger partial charge in [0.1, 0.15) is 0 Å². The number of unbranched alkanes of at least 4 members (excludes halogenated alkanes) is 4. The monoisotopic (exact) mass is 346 g/mol. The first-order valence-corrected chi connectivity index (χ1v) is 9.76. The van der Waals surface area contributed by atoms with Crippen molar-refractivity contribution >= 4 is 6.16 Å². The molecule has 0 spiro atoms. The summed E-state index contributed by atoms with van der Waals surface area (Å²) in [4.78, 5) is 11.1. The molecule has 0 bridgehead atoms. The molecule has 3 heteroatoms. The molecule has 0 N–H and O–H groups in total. The van der Waals surface area contributed by atoms with E-state index in [0.29, 0.717) is 6.61 Å². The molecule has 1 aromatic carbocycles. The highest BCUT2D eigenvalue weighted by molar-refractivity contribution is 5.60. The van der Waals surface area contributed by atoms with E-state index in [1.54, 1.807) is 0 Å². The van der Waals surface area contributed by atoms with Gasteiger partial charge in [-0.2, -0.15) is 0 Å². The Labute approximate surface area is 153 Å². The van der Waals surface area contributed by atoms with Crippen LogP contribution in [0.3, 0.4) is 0 Å². The molecular formula is C22H34O3. The zero-order valence-corrected chi connectivity index (χ0v) is 16.0. The van der Waals surface area contributed by atoms with Crippen LogP contribution in [0, 0.1) is 0 Å². The van der Waals surface area contributed by atoms with Gasteiger partial charge in [0, 0.05) is 0 Å². The molecule has 0 radical (unpaired) electrons. The van der Waals surface area contributed by atoms with E-state index in [9.17, 15) is 4.79 Å². The maximum Gasteiger partial charge on any atom is 0.513 e. The number of carbonyl (C=O) groups is 1. The van der Waals surface area contributed by atoms with Crippen LogP contribution in [0.4, 0.5) is 4.79 Å². The average molecular weight is 347 g/mol. The fourth-order valence-corrected chi connectivity index (χ4v) is 2.98. The van der Waals surface area contributed by atoms with Crippen LogP contribution >= 0.6 is 0 Å². The number of hydrogen-bond acceptors (Lipinski definition) is 3. The Kier molecular flexibility index (Phi) is 11.5. The Morgan fingerprint density at radius 2 is 1.64 bits per heavy atom. The fraction of sp³-hybridized carbons (Fsp3) is 0.591. The lowest BCUT2D eigenvalue weighted by molar-refractivity contribution is 0.0840. The van der Waals surface area contributed by atoms with Gasteiger partial charge in [0.25, 0.3) is 0 Å². The van der Waals surface area contributed by atoms with Crippen molar-refractivity contribution in [1.29, 1.82) is 0 Å². The number of ether oxygens (including phenoxy) is 2. The number of aryl methyl sites for hydroxylation is 3. The fourth-order valence-electron chi connectivity index (χ4n) is 2.98. The van der Waals surface area contributed by atoms with Crippen LogP contribution in [0.1, 0.15) is 75.5 Å². The van der Waals surface area contributed by atoms with E-state index in [-0.39, 0.29) is 0 Å². The molecule has 25 heavy (non-hydrogen) atoms. The van der Waals surface area contributed by atoms with E-state index >= 15 is 0 Å². The Bertz CT molecular complexity index is 508. The summed E-state index contributed by atoms with van der Waals surface area (Å²) in [7, 11) is 0. The molecule has 0 aliphatic rings. The van der Waals surface area contributed by atoms with Gasteiger partial charge in [-0.05, 0) is 55.2 Å². The maximum atomic E-state index is 11.1. The van der Waals surface area contributed by atoms with Crippen LogP contribution < -0.4 is 0 Å². The molecule has 3 nitrogen and oxygen atoms in total. The van der Waals surface area contributed by atoms with E-state index in [1.165, 1.54) is 61.6 Å². The van der Waals surface area contributed by atoms with Crippen molar-refractivity contribution < 1.29 is 14.3 Å². The van der Waals surface area contributed by atoms with Gasteiger partial charge in [-0.1, -0.05) is 64.3 Å². The summed E-state index contributed by atoms with van der Waals surface area (Å²) >= 11 is 0. The van der Waals surface area contributed by atoms with Gasteiger partial charge in [-0.3, -0.25) is 0 Å². The average Bonchev–Trinajstić information content (AvgIpc) is 2.61. The molecule has 0 saturated heterocycles. The molecule has 0 aliphatic heterocycles. The number of rotatable bonds is 13. The Morgan fingerprint density at radius 1 is 0.960 bits per heavy atom. The summed E-state index contributed by atoms with van der Waals surface area (Å²) in [6.45, 7) is 8.19. The lowest BCUT2D eigenvalue weighted by Gasteiger charge is -2.12. The zero-order valence-electron chi connectivity index (χ0n) is 16.0. The predicted octanol–water partition coefficient (Wildman–Crippen LogP) is 6.38. The minimum Gasteiger partial charge on any atom is -0.434 e. The largest absolute Gasteiger partial charge is 0.513 e. The molecule has 0 aromatic heterocycles. The normalized spacial score (nSPS) is 10.5. The van der Waals surface area contributed by atoms with Crippen LogP contribution in [-0.4, -0.2) is 12.8 Å². The minimum absolute atomic E-state index is 0.374. The molecule has 0 aliphatic carbocycles. The van der Waals surface area contributed by atoms with Crippen molar-refractivity contribution in [3.63, 3.8) is 0 Å². The van der Waals surface area contributed by atoms with Gasteiger partial charge >= 0.3 is 6.16 Å². The number of carbonyl (C=O) groups excluding carboxylic acids is 1. The zero-order chi connectivity index (χ0) is 18.3. The van der Waals surface area contributed by atoms with Crippen molar-refractivity contribution in [3.05, 3.63) is 47.7 Å². The lowest BCUT2D eigenvalue weighted by atomic mass is 9.94. The molecule has 0 atom stereocenters. The van der Waals surface area contributed by atoms with Crippen molar-refractivity contribution in [2.75, 3.05) is 6.61 Å². The van der Waals surface area contributed by atoms with E-state index in [4.69, 9.17) is 4.74 Å². The quantitative estimate of drug-likeness (QED) is 0.236. The van der Waals surface area contributed by atoms with Crippen molar-refractivity contribution in [3.8, 4) is 0 Å². The molecule has 1 rings (SSSR count). The van der Waals surface area contributed by atoms with E-state index < -0.39 is 6.16 Å². The Hall–Kier alpha value is -1.77. The smallest absolute Gasteiger partial charge is 0.434 e. The lowest BCUT2D eigenvalue weighted by Crippen LogP contribution is -2.06. The van der Waals surface area contributed by atoms with Gasteiger partial charge < -0.3 is 9.47 Å². The summed E-state index contributed by atoms with van der Waals surface area (Å²) in [6.07, 6.45) is 12.0. The standard InChI is InChI=1S/C22H34O3/c1-4-7-9-12-19-15-16-20(21(18-19)13-10-8-5-2)14-11-17-25-22(23)24-6-3/h6,15-16,18H,3-5,7-14,17H2,1-2H3. The summed E-state index contributed by atoms with van der Waals surface area (Å²) in [5.41, 5.74) is 4.31. The van der Waals surface area contributed by atoms with Crippen LogP contribution in [-0.2, 0) is 28.7 Å². The highest BCUT2D eigenvalue weighted by Crippen LogP contribution is 2.19. The second kappa shape index (κ2) is 13.5. The third-order valence-corrected chi connectivity index (χ3v) is 4.38. The molecule has 0 unspecified atom stereocenters. The van der Waals surface area contributed by atoms with Crippen molar-refractivity contribution in [2.24, 2.45) is 0 Å². The number of benzene rings is 1. The second-order valence-corrected chi connectivity index (χ2v) is 6.50. The first-order chi connectivity index (χ1) is 12.2. The Morgan fingerprint density at radius 3 is 2.32 bits per heavy atom. The topological polar surface area (TPSA) is 35.5 Å². The predicted molar refractivity (Wildman–Crippen MR) is 104 cm³/mol.